The minimum absolute atomic E-state index is 0.000468. The maximum atomic E-state index is 13.2. The largest absolute Gasteiger partial charge is 0.488 e. The molecule has 0 spiro atoms. The molecule has 184 valence electrons. The van der Waals surface area contributed by atoms with Crippen LogP contribution in [-0.2, 0) is 23.7 Å². The topological polar surface area (TPSA) is 64.6 Å². The zero-order valence-corrected chi connectivity index (χ0v) is 18.0. The predicted octanol–water partition coefficient (Wildman–Crippen LogP) is 6.34. The Bertz CT molecular complexity index is 1190. The van der Waals surface area contributed by atoms with Crippen LogP contribution in [0.1, 0.15) is 37.4 Å². The zero-order chi connectivity index (χ0) is 25.8. The number of benzene rings is 3. The zero-order valence-electron chi connectivity index (χ0n) is 18.0. The van der Waals surface area contributed by atoms with Gasteiger partial charge in [-0.25, -0.2) is 4.79 Å². The Labute approximate surface area is 195 Å². The second kappa shape index (κ2) is 10.1. The first-order chi connectivity index (χ1) is 16.4. The molecular weight excluding hydrogens is 480 g/mol. The van der Waals surface area contributed by atoms with Gasteiger partial charge in [-0.05, 0) is 42.0 Å². The fraction of sp³-hybridized carbons (Fsp3) is 0.167. The lowest BCUT2D eigenvalue weighted by atomic mass is 10.1. The van der Waals surface area contributed by atoms with Crippen LogP contribution < -0.4 is 10.1 Å². The lowest BCUT2D eigenvalue weighted by Crippen LogP contribution is -2.17. The van der Waals surface area contributed by atoms with Gasteiger partial charge in [0.2, 0.25) is 0 Å². The molecule has 11 heteroatoms. The summed E-state index contributed by atoms with van der Waals surface area (Å²) < 4.78 is 89.1. The van der Waals surface area contributed by atoms with Gasteiger partial charge in [0, 0.05) is 5.69 Å². The summed E-state index contributed by atoms with van der Waals surface area (Å²) >= 11 is 0. The van der Waals surface area contributed by atoms with E-state index in [1.807, 2.05) is 5.32 Å². The van der Waals surface area contributed by atoms with Gasteiger partial charge in [-0.15, -0.1) is 0 Å². The van der Waals surface area contributed by atoms with Crippen molar-refractivity contribution in [3.05, 3.63) is 94.5 Å². The number of halogens is 6. The van der Waals surface area contributed by atoms with Gasteiger partial charge in [-0.3, -0.25) is 4.79 Å². The van der Waals surface area contributed by atoms with Crippen LogP contribution in [0, 0.1) is 0 Å². The van der Waals surface area contributed by atoms with Crippen LogP contribution in [0.4, 0.5) is 32.0 Å². The number of hydrogen-bond donors (Lipinski definition) is 1. The van der Waals surface area contributed by atoms with Crippen molar-refractivity contribution in [2.75, 3.05) is 12.4 Å². The van der Waals surface area contributed by atoms with E-state index in [9.17, 15) is 35.9 Å². The maximum absolute atomic E-state index is 13.2. The number of amides is 1. The van der Waals surface area contributed by atoms with Gasteiger partial charge in [0.15, 0.2) is 0 Å². The van der Waals surface area contributed by atoms with Crippen molar-refractivity contribution in [3.63, 3.8) is 0 Å². The standard InChI is InChI=1S/C24H17F6NO4/c1-34-22(33)15-7-8-20(35-13-14-5-3-2-4-6-14)19(9-15)21(32)31-18-11-16(23(25,26)27)10-17(12-18)24(28,29)30/h2-12H,13H2,1H3,(H,31,32). The Morgan fingerprint density at radius 1 is 0.829 bits per heavy atom. The second-order valence-corrected chi connectivity index (χ2v) is 7.23. The Morgan fingerprint density at radius 3 is 1.97 bits per heavy atom. The molecule has 1 amide bonds. The summed E-state index contributed by atoms with van der Waals surface area (Å²) in [5, 5.41) is 2.03. The van der Waals surface area contributed by atoms with Crippen molar-refractivity contribution in [2.45, 2.75) is 19.0 Å². The van der Waals surface area contributed by atoms with Gasteiger partial charge < -0.3 is 14.8 Å². The van der Waals surface area contributed by atoms with Crippen LogP contribution in [0.15, 0.2) is 66.7 Å². The Kier molecular flexibility index (Phi) is 7.37. The van der Waals surface area contributed by atoms with Crippen LogP contribution in [0.5, 0.6) is 5.75 Å². The Hall–Kier alpha value is -4.02. The van der Waals surface area contributed by atoms with E-state index in [0.717, 1.165) is 18.7 Å². The molecule has 35 heavy (non-hydrogen) atoms. The summed E-state index contributed by atoms with van der Waals surface area (Å²) in [7, 11) is 1.10. The highest BCUT2D eigenvalue weighted by Crippen LogP contribution is 2.37. The van der Waals surface area contributed by atoms with E-state index in [1.54, 1.807) is 30.3 Å². The fourth-order valence-electron chi connectivity index (χ4n) is 3.04. The van der Waals surface area contributed by atoms with Gasteiger partial charge in [0.05, 0.1) is 29.4 Å². The molecule has 0 fully saturated rings. The SMILES string of the molecule is COC(=O)c1ccc(OCc2ccccc2)c(C(=O)Nc2cc(C(F)(F)F)cc(C(F)(F)F)c2)c1. The van der Waals surface area contributed by atoms with Crippen molar-refractivity contribution in [2.24, 2.45) is 0 Å². The molecule has 0 saturated heterocycles. The van der Waals surface area contributed by atoms with E-state index in [2.05, 4.69) is 4.74 Å². The molecule has 0 atom stereocenters. The molecule has 0 aliphatic carbocycles. The lowest BCUT2D eigenvalue weighted by molar-refractivity contribution is -0.143. The van der Waals surface area contributed by atoms with Crippen LogP contribution in [0.3, 0.4) is 0 Å². The van der Waals surface area contributed by atoms with Crippen molar-refractivity contribution in [1.29, 1.82) is 0 Å². The third kappa shape index (κ3) is 6.52. The van der Waals surface area contributed by atoms with Crippen molar-refractivity contribution in [1.82, 2.24) is 0 Å². The fourth-order valence-corrected chi connectivity index (χ4v) is 3.04. The highest BCUT2D eigenvalue weighted by Gasteiger charge is 2.37. The number of carbonyl (C=O) groups is 2. The number of nitrogens with one attached hydrogen (secondary N) is 1. The molecule has 0 saturated carbocycles. The highest BCUT2D eigenvalue weighted by molar-refractivity contribution is 6.07. The van der Waals surface area contributed by atoms with Gasteiger partial charge >= 0.3 is 18.3 Å². The number of anilines is 1. The first-order valence-electron chi connectivity index (χ1n) is 9.88. The molecule has 0 heterocycles. The van der Waals surface area contributed by atoms with E-state index < -0.39 is 41.0 Å². The van der Waals surface area contributed by atoms with Crippen molar-refractivity contribution in [3.8, 4) is 5.75 Å². The average Bonchev–Trinajstić information content (AvgIpc) is 2.81. The van der Waals surface area contributed by atoms with Gasteiger partial charge in [-0.2, -0.15) is 26.3 Å². The van der Waals surface area contributed by atoms with Crippen LogP contribution in [-0.4, -0.2) is 19.0 Å². The van der Waals surface area contributed by atoms with Gasteiger partial charge in [0.25, 0.3) is 5.91 Å². The lowest BCUT2D eigenvalue weighted by Gasteiger charge is -2.16. The summed E-state index contributed by atoms with van der Waals surface area (Å²) in [6.45, 7) is 0.000468. The van der Waals surface area contributed by atoms with Crippen molar-refractivity contribution >= 4 is 17.6 Å². The summed E-state index contributed by atoms with van der Waals surface area (Å²) in [4.78, 5) is 24.8. The molecule has 1 N–H and O–H groups in total. The van der Waals surface area contributed by atoms with Gasteiger partial charge in [0.1, 0.15) is 12.4 Å². The molecule has 0 radical (unpaired) electrons. The summed E-state index contributed by atoms with van der Waals surface area (Å²) in [6, 6.07) is 13.1. The third-order valence-corrected chi connectivity index (χ3v) is 4.73. The molecule has 0 aliphatic rings. The van der Waals surface area contributed by atoms with E-state index >= 15 is 0 Å². The first kappa shape index (κ1) is 25.6. The van der Waals surface area contributed by atoms with Crippen molar-refractivity contribution < 1.29 is 45.4 Å². The number of alkyl halides is 6. The summed E-state index contributed by atoms with van der Waals surface area (Å²) in [5.41, 5.74) is -3.57. The van der Waals surface area contributed by atoms with Crippen LogP contribution in [0.2, 0.25) is 0 Å². The summed E-state index contributed by atoms with van der Waals surface area (Å²) in [5.74, 6) is -1.96. The number of methoxy groups -OCH3 is 1. The first-order valence-corrected chi connectivity index (χ1v) is 9.88. The minimum atomic E-state index is -5.09. The van der Waals surface area contributed by atoms with E-state index in [0.29, 0.717) is 12.1 Å². The monoisotopic (exact) mass is 497 g/mol. The predicted molar refractivity (Wildman–Crippen MR) is 113 cm³/mol. The average molecular weight is 497 g/mol. The second-order valence-electron chi connectivity index (χ2n) is 7.23. The number of rotatable bonds is 6. The third-order valence-electron chi connectivity index (χ3n) is 4.73. The van der Waals surface area contributed by atoms with Crippen LogP contribution in [0.25, 0.3) is 0 Å². The normalized spacial score (nSPS) is 11.6. The molecule has 0 aliphatic heterocycles. The molecule has 3 aromatic carbocycles. The molecule has 3 aromatic rings. The quantitative estimate of drug-likeness (QED) is 0.319. The number of ether oxygens (including phenoxy) is 2. The van der Waals surface area contributed by atoms with E-state index in [4.69, 9.17) is 4.74 Å². The maximum Gasteiger partial charge on any atom is 0.416 e. The van der Waals surface area contributed by atoms with Gasteiger partial charge in [-0.1, -0.05) is 30.3 Å². The molecule has 0 aromatic heterocycles. The molecule has 5 nitrogen and oxygen atoms in total. The van der Waals surface area contributed by atoms with E-state index in [-0.39, 0.29) is 29.5 Å². The Morgan fingerprint density at radius 2 is 1.43 bits per heavy atom. The number of carbonyl (C=O) groups excluding carboxylic acids is 2. The van der Waals surface area contributed by atoms with E-state index in [1.165, 1.54) is 12.1 Å². The summed E-state index contributed by atoms with van der Waals surface area (Å²) in [6.07, 6.45) is -10.2. The minimum Gasteiger partial charge on any atom is -0.488 e. The highest BCUT2D eigenvalue weighted by atomic mass is 19.4. The van der Waals surface area contributed by atoms with Crippen LogP contribution >= 0.6 is 0 Å². The molecule has 0 unspecified atom stereocenters. The molecule has 0 bridgehead atoms. The smallest absolute Gasteiger partial charge is 0.416 e. The number of esters is 1. The number of hydrogen-bond acceptors (Lipinski definition) is 4. The molecule has 3 rings (SSSR count). The Balaban J connectivity index is 1.98. The molecular formula is C24H17F6NO4.